The van der Waals surface area contributed by atoms with Crippen molar-refractivity contribution in [1.29, 1.82) is 0 Å². The standard InChI is InChI=1S/C33H30N6O5/c1-33(2)30(39(43)31(41)35-27-17-7-12-22-10-3-5-15-25(22)27)38(28-18-8-13-23-11-4-6-16-26(23)28)32(42)37(33)21-29(40)36-34-20-24-14-9-19-44-24/h3-20,30,43H,21H2,1-2H3,(H,35,41)(H,36,40). The zero-order chi connectivity index (χ0) is 30.8. The summed E-state index contributed by atoms with van der Waals surface area (Å²) >= 11 is 0. The predicted octanol–water partition coefficient (Wildman–Crippen LogP) is 6.01. The van der Waals surface area contributed by atoms with Gasteiger partial charge in [0.15, 0.2) is 6.17 Å². The molecule has 0 bridgehead atoms. The smallest absolute Gasteiger partial charge is 0.347 e. The highest BCUT2D eigenvalue weighted by Gasteiger charge is 2.56. The van der Waals surface area contributed by atoms with Gasteiger partial charge < -0.3 is 14.6 Å². The summed E-state index contributed by atoms with van der Waals surface area (Å²) in [5.74, 6) is -0.129. The summed E-state index contributed by atoms with van der Waals surface area (Å²) in [6.45, 7) is 2.99. The molecule has 3 N–H and O–H groups in total. The molecule has 1 aliphatic rings. The third-order valence-electron chi connectivity index (χ3n) is 7.73. The summed E-state index contributed by atoms with van der Waals surface area (Å²) in [4.78, 5) is 43.5. The van der Waals surface area contributed by atoms with E-state index >= 15 is 0 Å². The average Bonchev–Trinajstić information content (AvgIpc) is 3.61. The van der Waals surface area contributed by atoms with Crippen LogP contribution in [0.1, 0.15) is 19.6 Å². The van der Waals surface area contributed by atoms with Gasteiger partial charge in [-0.1, -0.05) is 72.8 Å². The number of carbonyl (C=O) groups is 3. The quantitative estimate of drug-likeness (QED) is 0.121. The Kier molecular flexibility index (Phi) is 7.46. The van der Waals surface area contributed by atoms with E-state index in [1.54, 1.807) is 50.2 Å². The molecule has 1 fully saturated rings. The van der Waals surface area contributed by atoms with E-state index in [9.17, 15) is 19.6 Å². The largest absolute Gasteiger partial charge is 0.463 e. The van der Waals surface area contributed by atoms with Crippen molar-refractivity contribution in [2.45, 2.75) is 25.6 Å². The molecular weight excluding hydrogens is 560 g/mol. The lowest BCUT2D eigenvalue weighted by Gasteiger charge is -2.38. The third-order valence-corrected chi connectivity index (χ3v) is 7.73. The van der Waals surface area contributed by atoms with Crippen molar-refractivity contribution >= 4 is 57.1 Å². The van der Waals surface area contributed by atoms with Crippen molar-refractivity contribution in [2.24, 2.45) is 5.10 Å². The Bertz CT molecular complexity index is 1880. The Hall–Kier alpha value is -5.68. The highest BCUT2D eigenvalue weighted by molar-refractivity contribution is 6.07. The number of furan rings is 1. The normalized spacial score (nSPS) is 16.2. The minimum absolute atomic E-state index is 0.391. The number of hydrogen-bond donors (Lipinski definition) is 3. The number of hydrogen-bond acceptors (Lipinski definition) is 6. The van der Waals surface area contributed by atoms with E-state index in [-0.39, 0.29) is 0 Å². The number of amides is 5. The molecular formula is C33H30N6O5. The first kappa shape index (κ1) is 28.4. The summed E-state index contributed by atoms with van der Waals surface area (Å²) in [6.07, 6.45) is 1.59. The minimum Gasteiger partial charge on any atom is -0.463 e. The molecule has 1 aliphatic heterocycles. The maximum atomic E-state index is 14.2. The maximum Gasteiger partial charge on any atom is 0.347 e. The van der Waals surface area contributed by atoms with Gasteiger partial charge in [0.2, 0.25) is 0 Å². The van der Waals surface area contributed by atoms with Crippen LogP contribution in [0.2, 0.25) is 0 Å². The number of urea groups is 2. The second-order valence-corrected chi connectivity index (χ2v) is 10.9. The molecule has 1 atom stereocenters. The molecule has 2 heterocycles. The molecule has 4 aromatic carbocycles. The molecule has 6 rings (SSSR count). The van der Waals surface area contributed by atoms with Crippen LogP contribution in [-0.4, -0.2) is 57.6 Å². The van der Waals surface area contributed by atoms with Crippen molar-refractivity contribution in [3.8, 4) is 0 Å². The Morgan fingerprint density at radius 2 is 1.59 bits per heavy atom. The van der Waals surface area contributed by atoms with E-state index in [0.717, 1.165) is 21.5 Å². The van der Waals surface area contributed by atoms with Gasteiger partial charge in [0.1, 0.15) is 12.3 Å². The summed E-state index contributed by atoms with van der Waals surface area (Å²) in [6, 6.07) is 27.9. The number of hydroxylamine groups is 2. The zero-order valence-electron chi connectivity index (χ0n) is 24.0. The molecule has 11 nitrogen and oxygen atoms in total. The fraction of sp³-hybridized carbons (Fsp3) is 0.152. The number of hydrazone groups is 1. The van der Waals surface area contributed by atoms with Gasteiger partial charge in [-0.2, -0.15) is 10.2 Å². The third kappa shape index (κ3) is 5.20. The number of anilines is 2. The molecule has 0 saturated carbocycles. The van der Waals surface area contributed by atoms with Gasteiger partial charge in [0, 0.05) is 10.8 Å². The molecule has 0 spiro atoms. The van der Waals surface area contributed by atoms with E-state index < -0.39 is 36.2 Å². The van der Waals surface area contributed by atoms with Crippen LogP contribution < -0.4 is 15.6 Å². The predicted molar refractivity (Wildman–Crippen MR) is 167 cm³/mol. The van der Waals surface area contributed by atoms with Crippen LogP contribution >= 0.6 is 0 Å². The van der Waals surface area contributed by atoms with E-state index in [1.807, 2.05) is 60.7 Å². The fourth-order valence-electron chi connectivity index (χ4n) is 5.60. The zero-order valence-corrected chi connectivity index (χ0v) is 24.0. The van der Waals surface area contributed by atoms with E-state index in [2.05, 4.69) is 15.8 Å². The molecule has 5 amide bonds. The number of nitrogens with one attached hydrogen (secondary N) is 2. The van der Waals surface area contributed by atoms with Crippen molar-refractivity contribution in [1.82, 2.24) is 15.4 Å². The van der Waals surface area contributed by atoms with Crippen molar-refractivity contribution in [2.75, 3.05) is 16.8 Å². The lowest BCUT2D eigenvalue weighted by atomic mass is 9.99. The number of benzene rings is 4. The maximum absolute atomic E-state index is 14.2. The van der Waals surface area contributed by atoms with Crippen molar-refractivity contribution in [3.05, 3.63) is 109 Å². The summed E-state index contributed by atoms with van der Waals surface area (Å²) in [7, 11) is 0. The van der Waals surface area contributed by atoms with Gasteiger partial charge in [-0.25, -0.2) is 15.0 Å². The Balaban J connectivity index is 1.34. The highest BCUT2D eigenvalue weighted by Crippen LogP contribution is 2.40. The molecule has 1 saturated heterocycles. The van der Waals surface area contributed by atoms with Gasteiger partial charge >= 0.3 is 12.1 Å². The highest BCUT2D eigenvalue weighted by atomic mass is 16.5. The molecule has 0 aliphatic carbocycles. The van der Waals surface area contributed by atoms with Crippen LogP contribution in [0.25, 0.3) is 21.5 Å². The fourth-order valence-corrected chi connectivity index (χ4v) is 5.60. The van der Waals surface area contributed by atoms with Gasteiger partial charge in [-0.3, -0.25) is 14.9 Å². The van der Waals surface area contributed by atoms with Crippen LogP contribution in [0, 0.1) is 0 Å². The van der Waals surface area contributed by atoms with Gasteiger partial charge in [-0.05, 0) is 48.9 Å². The first-order valence-electron chi connectivity index (χ1n) is 14.0. The molecule has 5 aromatic rings. The number of rotatable bonds is 7. The second kappa shape index (κ2) is 11.5. The summed E-state index contributed by atoms with van der Waals surface area (Å²) in [5, 5.41) is 22.1. The van der Waals surface area contributed by atoms with E-state index in [0.29, 0.717) is 22.2 Å². The van der Waals surface area contributed by atoms with Gasteiger partial charge in [-0.15, -0.1) is 0 Å². The molecule has 0 radical (unpaired) electrons. The first-order chi connectivity index (χ1) is 21.3. The molecule has 1 aromatic heterocycles. The number of nitrogens with zero attached hydrogens (tertiary/aromatic N) is 4. The van der Waals surface area contributed by atoms with Crippen LogP contribution in [0.3, 0.4) is 0 Å². The first-order valence-corrected chi connectivity index (χ1v) is 14.0. The molecule has 222 valence electrons. The molecule has 11 heteroatoms. The second-order valence-electron chi connectivity index (χ2n) is 10.9. The monoisotopic (exact) mass is 590 g/mol. The topological polar surface area (TPSA) is 131 Å². The van der Waals surface area contributed by atoms with Crippen molar-refractivity contribution in [3.63, 3.8) is 0 Å². The average molecular weight is 591 g/mol. The lowest BCUT2D eigenvalue weighted by Crippen LogP contribution is -2.58. The number of carbonyl (C=O) groups excluding carboxylic acids is 3. The Labute approximate surface area is 252 Å². The lowest BCUT2D eigenvalue weighted by molar-refractivity contribution is -0.124. The molecule has 1 unspecified atom stereocenters. The van der Waals surface area contributed by atoms with Crippen LogP contribution in [-0.2, 0) is 4.79 Å². The van der Waals surface area contributed by atoms with Crippen LogP contribution in [0.4, 0.5) is 21.0 Å². The molecule has 44 heavy (non-hydrogen) atoms. The minimum atomic E-state index is -1.25. The van der Waals surface area contributed by atoms with Crippen LogP contribution in [0.15, 0.2) is 113 Å². The summed E-state index contributed by atoms with van der Waals surface area (Å²) in [5.41, 5.74) is 2.13. The van der Waals surface area contributed by atoms with Crippen molar-refractivity contribution < 1.29 is 24.0 Å². The van der Waals surface area contributed by atoms with Gasteiger partial charge in [0.25, 0.3) is 5.91 Å². The Morgan fingerprint density at radius 3 is 2.32 bits per heavy atom. The summed E-state index contributed by atoms with van der Waals surface area (Å²) < 4.78 is 5.18. The Morgan fingerprint density at radius 1 is 0.932 bits per heavy atom. The number of fused-ring (bicyclic) bond motifs is 2. The van der Waals surface area contributed by atoms with E-state index in [1.165, 1.54) is 22.3 Å². The van der Waals surface area contributed by atoms with E-state index in [4.69, 9.17) is 4.42 Å². The SMILES string of the molecule is CC1(C)C(N(O)C(=O)Nc2cccc3ccccc23)N(c2cccc3ccccc23)C(=O)N1CC(=O)NN=Cc1ccco1. The van der Waals surface area contributed by atoms with Gasteiger partial charge in [0.05, 0.1) is 29.4 Å². The van der Waals surface area contributed by atoms with Crippen LogP contribution in [0.5, 0.6) is 0 Å².